The molecule has 2 aromatic heterocycles. The lowest BCUT2D eigenvalue weighted by Gasteiger charge is -2.22. The van der Waals surface area contributed by atoms with Crippen molar-refractivity contribution in [1.29, 1.82) is 0 Å². The van der Waals surface area contributed by atoms with Crippen LogP contribution in [0.15, 0.2) is 45.5 Å². The molecule has 9 heteroatoms. The normalized spacial score (nSPS) is 14.7. The summed E-state index contributed by atoms with van der Waals surface area (Å²) in [6.07, 6.45) is 1.74. The van der Waals surface area contributed by atoms with Crippen LogP contribution in [0.25, 0.3) is 11.4 Å². The molecule has 0 spiro atoms. The molecule has 1 aliphatic rings. The van der Waals surface area contributed by atoms with Crippen LogP contribution in [0.2, 0.25) is 0 Å². The first kappa shape index (κ1) is 16.0. The van der Waals surface area contributed by atoms with E-state index < -0.39 is 0 Å². The van der Waals surface area contributed by atoms with Crippen molar-refractivity contribution in [3.63, 3.8) is 0 Å². The Morgan fingerprint density at radius 2 is 2.28 bits per heavy atom. The van der Waals surface area contributed by atoms with Crippen LogP contribution in [-0.2, 0) is 6.54 Å². The topological polar surface area (TPSA) is 84.5 Å². The number of nitrogens with zero attached hydrogens (tertiary/aromatic N) is 5. The highest BCUT2D eigenvalue weighted by Gasteiger charge is 2.23. The maximum Gasteiger partial charge on any atom is 0.302 e. The predicted molar refractivity (Wildman–Crippen MR) is 96.5 cm³/mol. The molecule has 3 heterocycles. The summed E-state index contributed by atoms with van der Waals surface area (Å²) in [5.41, 5.74) is 2.61. The molecule has 126 valence electrons. The zero-order valence-corrected chi connectivity index (χ0v) is 14.9. The van der Waals surface area contributed by atoms with Crippen molar-refractivity contribution in [1.82, 2.24) is 20.1 Å². The molecule has 4 rings (SSSR count). The second-order valence-corrected chi connectivity index (χ2v) is 7.15. The van der Waals surface area contributed by atoms with E-state index in [1.807, 2.05) is 29.6 Å². The minimum absolute atomic E-state index is 0.0684. The van der Waals surface area contributed by atoms with Crippen LogP contribution in [0.5, 0.6) is 0 Å². The summed E-state index contributed by atoms with van der Waals surface area (Å²) in [6, 6.07) is 7.70. The van der Waals surface area contributed by atoms with Crippen molar-refractivity contribution in [2.24, 2.45) is 5.10 Å². The Hall–Kier alpha value is -2.52. The van der Waals surface area contributed by atoms with Gasteiger partial charge in [0, 0.05) is 24.1 Å². The standard InChI is InChI=1S/C16H13N5O2S2/c1-10-18-14(20-23-10)12-4-2-3-11(7-12)8-21-16(22)25-9-13(19-21)15-17-5-6-24-15/h2-7H,8-9H2,1H3. The summed E-state index contributed by atoms with van der Waals surface area (Å²) in [4.78, 5) is 20.7. The van der Waals surface area contributed by atoms with Gasteiger partial charge in [0.1, 0.15) is 10.7 Å². The van der Waals surface area contributed by atoms with E-state index in [1.165, 1.54) is 28.1 Å². The van der Waals surface area contributed by atoms with Crippen LogP contribution in [0.4, 0.5) is 4.79 Å². The average molecular weight is 371 g/mol. The lowest BCUT2D eigenvalue weighted by molar-refractivity contribution is 0.222. The fourth-order valence-electron chi connectivity index (χ4n) is 2.39. The molecular weight excluding hydrogens is 358 g/mol. The van der Waals surface area contributed by atoms with Gasteiger partial charge in [0.15, 0.2) is 0 Å². The SMILES string of the molecule is Cc1nc(-c2cccc(CN3N=C(c4nccs4)CSC3=O)c2)no1. The Morgan fingerprint density at radius 1 is 1.36 bits per heavy atom. The van der Waals surface area contributed by atoms with Crippen molar-refractivity contribution >= 4 is 34.0 Å². The summed E-state index contributed by atoms with van der Waals surface area (Å²) in [6.45, 7) is 2.13. The number of hydrogen-bond acceptors (Lipinski definition) is 8. The van der Waals surface area contributed by atoms with Gasteiger partial charge < -0.3 is 4.52 Å². The molecule has 25 heavy (non-hydrogen) atoms. The summed E-state index contributed by atoms with van der Waals surface area (Å²) in [5, 5.41) is 12.6. The minimum atomic E-state index is -0.0684. The Morgan fingerprint density at radius 3 is 3.04 bits per heavy atom. The van der Waals surface area contributed by atoms with Gasteiger partial charge in [-0.25, -0.2) is 9.99 Å². The van der Waals surface area contributed by atoms with Crippen LogP contribution in [0.3, 0.4) is 0 Å². The first-order chi connectivity index (χ1) is 12.2. The highest BCUT2D eigenvalue weighted by molar-refractivity contribution is 8.14. The van der Waals surface area contributed by atoms with Crippen LogP contribution < -0.4 is 0 Å². The first-order valence-electron chi connectivity index (χ1n) is 7.50. The van der Waals surface area contributed by atoms with Gasteiger partial charge in [-0.05, 0) is 11.6 Å². The summed E-state index contributed by atoms with van der Waals surface area (Å²) in [7, 11) is 0. The molecule has 7 nitrogen and oxygen atoms in total. The third-order valence-corrected chi connectivity index (χ3v) is 5.21. The molecule has 1 aromatic carbocycles. The van der Waals surface area contributed by atoms with Crippen molar-refractivity contribution in [3.05, 3.63) is 52.3 Å². The van der Waals surface area contributed by atoms with E-state index in [0.29, 0.717) is 24.0 Å². The second kappa shape index (κ2) is 6.77. The number of aromatic nitrogens is 3. The summed E-state index contributed by atoms with van der Waals surface area (Å²) in [5.74, 6) is 1.59. The van der Waals surface area contributed by atoms with E-state index in [4.69, 9.17) is 4.52 Å². The van der Waals surface area contributed by atoms with Crippen LogP contribution >= 0.6 is 23.1 Å². The monoisotopic (exact) mass is 371 g/mol. The maximum atomic E-state index is 12.2. The molecule has 3 aromatic rings. The zero-order chi connectivity index (χ0) is 17.2. The van der Waals surface area contributed by atoms with Gasteiger partial charge in [0.05, 0.1) is 12.3 Å². The van der Waals surface area contributed by atoms with Gasteiger partial charge in [-0.1, -0.05) is 35.1 Å². The molecule has 0 saturated carbocycles. The van der Waals surface area contributed by atoms with E-state index >= 15 is 0 Å². The second-order valence-electron chi connectivity index (χ2n) is 5.33. The third-order valence-electron chi connectivity index (χ3n) is 3.51. The van der Waals surface area contributed by atoms with Crippen molar-refractivity contribution in [2.75, 3.05) is 5.75 Å². The molecule has 0 atom stereocenters. The van der Waals surface area contributed by atoms with Crippen LogP contribution in [0, 0.1) is 6.92 Å². The molecule has 1 aliphatic heterocycles. The van der Waals surface area contributed by atoms with Gasteiger partial charge >= 0.3 is 5.24 Å². The van der Waals surface area contributed by atoms with Gasteiger partial charge in [-0.2, -0.15) is 10.1 Å². The Labute approximate surface area is 151 Å². The van der Waals surface area contributed by atoms with Gasteiger partial charge in [0.2, 0.25) is 11.7 Å². The number of aryl methyl sites for hydroxylation is 1. The average Bonchev–Trinajstić information content (AvgIpc) is 3.29. The number of benzene rings is 1. The fourth-order valence-corrected chi connectivity index (χ4v) is 3.81. The lowest BCUT2D eigenvalue weighted by atomic mass is 10.1. The van der Waals surface area contributed by atoms with E-state index in [9.17, 15) is 4.79 Å². The van der Waals surface area contributed by atoms with Crippen molar-refractivity contribution in [3.8, 4) is 11.4 Å². The Bertz CT molecular complexity index is 936. The van der Waals surface area contributed by atoms with E-state index in [1.54, 1.807) is 13.1 Å². The smallest absolute Gasteiger partial charge is 0.302 e. The van der Waals surface area contributed by atoms with Crippen LogP contribution in [0.1, 0.15) is 16.5 Å². The van der Waals surface area contributed by atoms with Gasteiger partial charge in [0.25, 0.3) is 0 Å². The number of thioether (sulfide) groups is 1. The molecule has 1 amide bonds. The van der Waals surface area contributed by atoms with Gasteiger partial charge in [-0.3, -0.25) is 4.79 Å². The molecule has 0 fully saturated rings. The van der Waals surface area contributed by atoms with E-state index in [0.717, 1.165) is 21.8 Å². The maximum absolute atomic E-state index is 12.2. The number of hydrazone groups is 1. The highest BCUT2D eigenvalue weighted by Crippen LogP contribution is 2.24. The lowest BCUT2D eigenvalue weighted by Crippen LogP contribution is -2.29. The highest BCUT2D eigenvalue weighted by atomic mass is 32.2. The largest absolute Gasteiger partial charge is 0.339 e. The minimum Gasteiger partial charge on any atom is -0.339 e. The number of carbonyl (C=O) groups is 1. The van der Waals surface area contributed by atoms with E-state index in [-0.39, 0.29) is 5.24 Å². The number of amides is 1. The Balaban J connectivity index is 1.58. The first-order valence-corrected chi connectivity index (χ1v) is 9.37. The number of hydrogen-bond donors (Lipinski definition) is 0. The molecule has 0 bridgehead atoms. The number of thiazole rings is 1. The van der Waals surface area contributed by atoms with Gasteiger partial charge in [-0.15, -0.1) is 11.3 Å². The number of rotatable bonds is 4. The van der Waals surface area contributed by atoms with Crippen molar-refractivity contribution in [2.45, 2.75) is 13.5 Å². The molecule has 0 N–H and O–H groups in total. The van der Waals surface area contributed by atoms with Crippen molar-refractivity contribution < 1.29 is 9.32 Å². The van der Waals surface area contributed by atoms with Crippen LogP contribution in [-0.4, -0.2) is 36.8 Å². The molecule has 0 unspecified atom stereocenters. The number of carbonyl (C=O) groups excluding carboxylic acids is 1. The molecule has 0 radical (unpaired) electrons. The molecule has 0 saturated heterocycles. The zero-order valence-electron chi connectivity index (χ0n) is 13.2. The van der Waals surface area contributed by atoms with E-state index in [2.05, 4.69) is 20.2 Å². The summed E-state index contributed by atoms with van der Waals surface area (Å²) < 4.78 is 5.02. The quantitative estimate of drug-likeness (QED) is 0.697. The summed E-state index contributed by atoms with van der Waals surface area (Å²) >= 11 is 2.76. The molecular formula is C16H13N5O2S2. The Kier molecular flexibility index (Phi) is 4.33. The predicted octanol–water partition coefficient (Wildman–Crippen LogP) is 3.57. The molecule has 0 aliphatic carbocycles. The third kappa shape index (κ3) is 3.47. The fraction of sp³-hybridized carbons (Fsp3) is 0.188.